The van der Waals surface area contributed by atoms with Gasteiger partial charge in [0.2, 0.25) is 0 Å². The van der Waals surface area contributed by atoms with Crippen molar-refractivity contribution in [1.29, 1.82) is 0 Å². The highest BCUT2D eigenvalue weighted by molar-refractivity contribution is 5.89. The number of anilines is 1. The molecule has 0 spiro atoms. The van der Waals surface area contributed by atoms with Crippen molar-refractivity contribution in [3.05, 3.63) is 12.4 Å². The number of likely N-dealkylation sites (tertiary alicyclic amines) is 1. The number of carbonyl (C=O) groups is 1. The Labute approximate surface area is 131 Å². The molecule has 3 N–H and O–H groups in total. The van der Waals surface area contributed by atoms with Crippen molar-refractivity contribution in [3.8, 4) is 0 Å². The summed E-state index contributed by atoms with van der Waals surface area (Å²) in [4.78, 5) is 14.2. The molecule has 2 amide bonds. The summed E-state index contributed by atoms with van der Waals surface area (Å²) >= 11 is 0. The zero-order chi connectivity index (χ0) is 15.8. The van der Waals surface area contributed by atoms with Crippen molar-refractivity contribution < 1.29 is 9.90 Å². The highest BCUT2D eigenvalue weighted by Crippen LogP contribution is 2.09. The van der Waals surface area contributed by atoms with E-state index in [-0.39, 0.29) is 18.7 Å². The number of piperidine rings is 1. The Bertz CT molecular complexity index is 453. The third-order valence-electron chi connectivity index (χ3n) is 4.03. The molecule has 1 fully saturated rings. The lowest BCUT2D eigenvalue weighted by Crippen LogP contribution is -2.39. The fraction of sp³-hybridized carbons (Fsp3) is 0.733. The molecule has 7 nitrogen and oxygen atoms in total. The predicted octanol–water partition coefficient (Wildman–Crippen LogP) is 1.26. The topological polar surface area (TPSA) is 82.4 Å². The Morgan fingerprint density at radius 1 is 1.36 bits per heavy atom. The van der Waals surface area contributed by atoms with Gasteiger partial charge in [-0.25, -0.2) is 4.79 Å². The number of aromatic nitrogens is 2. The smallest absolute Gasteiger partial charge is 0.319 e. The standard InChI is InChI=1S/C15H27N5O2/c1-2-13(12-21)17-15(22)18-14-10-16-20(11-14)9-8-19-6-4-3-5-7-19/h10-11,13,21H,2-9,12H2,1H3,(H2,17,18,22). The fourth-order valence-electron chi connectivity index (χ4n) is 2.61. The van der Waals surface area contributed by atoms with Crippen LogP contribution in [0.5, 0.6) is 0 Å². The Morgan fingerprint density at radius 2 is 2.14 bits per heavy atom. The van der Waals surface area contributed by atoms with E-state index in [2.05, 4.69) is 20.6 Å². The molecular weight excluding hydrogens is 282 g/mol. The number of hydrogen-bond acceptors (Lipinski definition) is 4. The molecule has 2 heterocycles. The number of urea groups is 1. The summed E-state index contributed by atoms with van der Waals surface area (Å²) in [5.41, 5.74) is 0.670. The van der Waals surface area contributed by atoms with Gasteiger partial charge in [-0.05, 0) is 32.4 Å². The molecule has 1 aromatic rings. The first-order valence-electron chi connectivity index (χ1n) is 8.14. The molecule has 1 unspecified atom stereocenters. The van der Waals surface area contributed by atoms with Crippen molar-refractivity contribution in [1.82, 2.24) is 20.0 Å². The monoisotopic (exact) mass is 309 g/mol. The van der Waals surface area contributed by atoms with Crippen LogP contribution in [0.2, 0.25) is 0 Å². The number of hydrogen-bond donors (Lipinski definition) is 3. The molecule has 1 atom stereocenters. The average molecular weight is 309 g/mol. The number of aliphatic hydroxyl groups is 1. The van der Waals surface area contributed by atoms with Gasteiger partial charge in [0.05, 0.1) is 31.1 Å². The summed E-state index contributed by atoms with van der Waals surface area (Å²) in [5, 5.41) is 18.8. The molecule has 0 aromatic carbocycles. The van der Waals surface area contributed by atoms with E-state index in [1.807, 2.05) is 17.8 Å². The molecule has 0 bridgehead atoms. The summed E-state index contributed by atoms with van der Waals surface area (Å²) in [7, 11) is 0. The van der Waals surface area contributed by atoms with Crippen molar-refractivity contribution >= 4 is 11.7 Å². The third-order valence-corrected chi connectivity index (χ3v) is 4.03. The van der Waals surface area contributed by atoms with Gasteiger partial charge in [0.1, 0.15) is 0 Å². The minimum Gasteiger partial charge on any atom is -0.394 e. The van der Waals surface area contributed by atoms with Gasteiger partial charge in [-0.2, -0.15) is 5.10 Å². The zero-order valence-electron chi connectivity index (χ0n) is 13.3. The van der Waals surface area contributed by atoms with E-state index in [1.165, 1.54) is 32.4 Å². The Balaban J connectivity index is 1.74. The van der Waals surface area contributed by atoms with Gasteiger partial charge in [-0.1, -0.05) is 13.3 Å². The fourth-order valence-corrected chi connectivity index (χ4v) is 2.61. The van der Waals surface area contributed by atoms with Crippen molar-refractivity contribution in [3.63, 3.8) is 0 Å². The van der Waals surface area contributed by atoms with Crippen LogP contribution >= 0.6 is 0 Å². The number of amides is 2. The van der Waals surface area contributed by atoms with Crippen LogP contribution in [0.1, 0.15) is 32.6 Å². The second-order valence-electron chi connectivity index (χ2n) is 5.78. The van der Waals surface area contributed by atoms with Gasteiger partial charge >= 0.3 is 6.03 Å². The summed E-state index contributed by atoms with van der Waals surface area (Å²) < 4.78 is 1.85. The Kier molecular flexibility index (Phi) is 6.67. The van der Waals surface area contributed by atoms with Crippen molar-refractivity contribution in [2.24, 2.45) is 0 Å². The molecule has 2 rings (SSSR count). The molecule has 124 valence electrons. The highest BCUT2D eigenvalue weighted by atomic mass is 16.3. The van der Waals surface area contributed by atoms with Crippen LogP contribution in [0, 0.1) is 0 Å². The van der Waals surface area contributed by atoms with E-state index in [1.54, 1.807) is 6.20 Å². The minimum absolute atomic E-state index is 0.0565. The van der Waals surface area contributed by atoms with Gasteiger partial charge < -0.3 is 20.6 Å². The van der Waals surface area contributed by atoms with Gasteiger partial charge in [0.15, 0.2) is 0 Å². The van der Waals surface area contributed by atoms with E-state index in [0.717, 1.165) is 13.1 Å². The van der Waals surface area contributed by atoms with Gasteiger partial charge in [0, 0.05) is 12.7 Å². The van der Waals surface area contributed by atoms with Crippen molar-refractivity contribution in [2.75, 3.05) is 31.6 Å². The Hall–Kier alpha value is -1.60. The Morgan fingerprint density at radius 3 is 2.82 bits per heavy atom. The van der Waals surface area contributed by atoms with E-state index in [0.29, 0.717) is 12.1 Å². The molecule has 1 aliphatic heterocycles. The van der Waals surface area contributed by atoms with Crippen LogP contribution in [-0.2, 0) is 6.54 Å². The number of nitrogens with one attached hydrogen (secondary N) is 2. The van der Waals surface area contributed by atoms with Gasteiger partial charge in [-0.15, -0.1) is 0 Å². The molecule has 0 saturated carbocycles. The molecule has 1 aliphatic rings. The summed E-state index contributed by atoms with van der Waals surface area (Å²) in [6.45, 7) is 6.04. The van der Waals surface area contributed by atoms with Crippen LogP contribution in [0.4, 0.5) is 10.5 Å². The third kappa shape index (κ3) is 5.31. The van der Waals surface area contributed by atoms with Crippen LogP contribution in [-0.4, -0.2) is 58.1 Å². The average Bonchev–Trinajstić information content (AvgIpc) is 2.99. The van der Waals surface area contributed by atoms with Crippen molar-refractivity contribution in [2.45, 2.75) is 45.2 Å². The number of aliphatic hydroxyl groups excluding tert-OH is 1. The first kappa shape index (κ1) is 16.8. The first-order chi connectivity index (χ1) is 10.7. The normalized spacial score (nSPS) is 17.2. The molecular formula is C15H27N5O2. The maximum Gasteiger partial charge on any atom is 0.319 e. The number of rotatable bonds is 7. The molecule has 1 saturated heterocycles. The lowest BCUT2D eigenvalue weighted by molar-refractivity contribution is 0.218. The zero-order valence-corrected chi connectivity index (χ0v) is 13.3. The summed E-state index contributed by atoms with van der Waals surface area (Å²) in [6, 6.07) is -0.523. The molecule has 22 heavy (non-hydrogen) atoms. The largest absolute Gasteiger partial charge is 0.394 e. The highest BCUT2D eigenvalue weighted by Gasteiger charge is 2.11. The predicted molar refractivity (Wildman–Crippen MR) is 85.8 cm³/mol. The lowest BCUT2D eigenvalue weighted by Gasteiger charge is -2.26. The molecule has 7 heteroatoms. The second kappa shape index (κ2) is 8.75. The maximum absolute atomic E-state index is 11.8. The van der Waals surface area contributed by atoms with E-state index >= 15 is 0 Å². The van der Waals surface area contributed by atoms with E-state index < -0.39 is 0 Å². The number of carbonyl (C=O) groups excluding carboxylic acids is 1. The lowest BCUT2D eigenvalue weighted by atomic mass is 10.1. The van der Waals surface area contributed by atoms with E-state index in [4.69, 9.17) is 5.11 Å². The molecule has 0 aliphatic carbocycles. The van der Waals surface area contributed by atoms with Crippen LogP contribution in [0.15, 0.2) is 12.4 Å². The van der Waals surface area contributed by atoms with E-state index in [9.17, 15) is 4.79 Å². The SMILES string of the molecule is CCC(CO)NC(=O)Nc1cnn(CCN2CCCCC2)c1. The van der Waals surface area contributed by atoms with Gasteiger partial charge in [0.25, 0.3) is 0 Å². The summed E-state index contributed by atoms with van der Waals surface area (Å²) in [6.07, 6.45) is 8.09. The minimum atomic E-state index is -0.309. The maximum atomic E-state index is 11.8. The van der Waals surface area contributed by atoms with Gasteiger partial charge in [-0.3, -0.25) is 4.68 Å². The summed E-state index contributed by atoms with van der Waals surface area (Å²) in [5.74, 6) is 0. The molecule has 1 aromatic heterocycles. The quantitative estimate of drug-likeness (QED) is 0.708. The van der Waals surface area contributed by atoms with Crippen LogP contribution in [0.3, 0.4) is 0 Å². The first-order valence-corrected chi connectivity index (χ1v) is 8.14. The molecule has 0 radical (unpaired) electrons. The second-order valence-corrected chi connectivity index (χ2v) is 5.78. The number of nitrogens with zero attached hydrogens (tertiary/aromatic N) is 3. The van der Waals surface area contributed by atoms with Crippen LogP contribution in [0.25, 0.3) is 0 Å². The van der Waals surface area contributed by atoms with Crippen LogP contribution < -0.4 is 10.6 Å².